The normalized spacial score (nSPS) is 38.0. The van der Waals surface area contributed by atoms with E-state index in [1.807, 2.05) is 37.4 Å². The van der Waals surface area contributed by atoms with E-state index in [0.717, 1.165) is 30.6 Å². The molecule has 4 aliphatic carbocycles. The number of carbonyl (C=O) groups excluding carboxylic acids is 1. The van der Waals surface area contributed by atoms with E-state index in [2.05, 4.69) is 43.2 Å². The van der Waals surface area contributed by atoms with Crippen LogP contribution in [0.3, 0.4) is 0 Å². The smallest absolute Gasteiger partial charge is 0.338 e. The first-order valence-electron chi connectivity index (χ1n) is 13.8. The third-order valence-electron chi connectivity index (χ3n) is 10.7. The molecule has 6 rings (SSSR count). The molecule has 0 spiro atoms. The Balaban J connectivity index is 1.15. The van der Waals surface area contributed by atoms with Crippen molar-refractivity contribution in [3.63, 3.8) is 0 Å². The van der Waals surface area contributed by atoms with Crippen LogP contribution in [-0.2, 0) is 4.74 Å². The predicted molar refractivity (Wildman–Crippen MR) is 140 cm³/mol. The molecule has 2 aromatic rings. The number of carbonyl (C=O) groups is 1. The zero-order valence-electron chi connectivity index (χ0n) is 21.5. The quantitative estimate of drug-likeness (QED) is 0.433. The lowest BCUT2D eigenvalue weighted by molar-refractivity contribution is -0.117. The van der Waals surface area contributed by atoms with Crippen molar-refractivity contribution in [1.82, 2.24) is 4.98 Å². The van der Waals surface area contributed by atoms with Gasteiger partial charge in [-0.25, -0.2) is 4.79 Å². The lowest BCUT2D eigenvalue weighted by atomic mass is 9.44. The Labute approximate surface area is 210 Å². The monoisotopic (exact) mass is 469 g/mol. The molecule has 0 radical (unpaired) electrons. The lowest BCUT2D eigenvalue weighted by Crippen LogP contribution is -2.53. The number of hydrogen-bond donors (Lipinski definition) is 0. The fraction of sp³-hybridized carbons (Fsp3) is 0.562. The van der Waals surface area contributed by atoms with Crippen LogP contribution < -0.4 is 0 Å². The minimum Gasteiger partial charge on any atom is -0.459 e. The van der Waals surface area contributed by atoms with E-state index in [1.54, 1.807) is 5.57 Å². The van der Waals surface area contributed by atoms with Gasteiger partial charge in [-0.15, -0.1) is 0 Å². The summed E-state index contributed by atoms with van der Waals surface area (Å²) in [6, 6.07) is 12.1. The maximum absolute atomic E-state index is 12.8. The third-order valence-corrected chi connectivity index (χ3v) is 10.7. The van der Waals surface area contributed by atoms with Crippen molar-refractivity contribution in [2.24, 2.45) is 34.5 Å². The molecule has 3 saturated carbocycles. The summed E-state index contributed by atoms with van der Waals surface area (Å²) in [5.74, 6) is 2.89. The third kappa shape index (κ3) is 3.77. The van der Waals surface area contributed by atoms with E-state index in [-0.39, 0.29) is 17.5 Å². The highest BCUT2D eigenvalue weighted by Gasteiger charge is 2.58. The van der Waals surface area contributed by atoms with Gasteiger partial charge in [0.05, 0.1) is 5.56 Å². The summed E-state index contributed by atoms with van der Waals surface area (Å²) in [5, 5.41) is 0. The molecule has 4 unspecified atom stereocenters. The van der Waals surface area contributed by atoms with Crippen LogP contribution in [0.5, 0.6) is 0 Å². The van der Waals surface area contributed by atoms with Gasteiger partial charge < -0.3 is 4.74 Å². The topological polar surface area (TPSA) is 39.2 Å². The molecule has 0 saturated heterocycles. The minimum atomic E-state index is -0.152. The molecule has 35 heavy (non-hydrogen) atoms. The van der Waals surface area contributed by atoms with Gasteiger partial charge in [0.1, 0.15) is 6.10 Å². The lowest BCUT2D eigenvalue weighted by Gasteiger charge is -2.60. The van der Waals surface area contributed by atoms with Gasteiger partial charge in [-0.1, -0.05) is 43.7 Å². The Kier molecular flexibility index (Phi) is 5.66. The molecule has 0 amide bonds. The van der Waals surface area contributed by atoms with Gasteiger partial charge in [0.25, 0.3) is 0 Å². The number of pyridine rings is 1. The zero-order valence-corrected chi connectivity index (χ0v) is 21.5. The van der Waals surface area contributed by atoms with Gasteiger partial charge >= 0.3 is 5.97 Å². The molecular formula is C32H39NO2. The number of ether oxygens (including phenoxy) is 1. The standard InChI is InChI=1S/C32H39NO2/c1-21-6-8-22(9-7-21)30(34)35-25-14-16-31(2)24(19-25)10-11-26-28-13-12-27(23-5-4-18-33-20-23)32(28,3)17-15-29(26)31/h4-9,12,18,20,24-26,28-29H,10-11,13-17,19H2,1-3H3/t24?,25-,26?,28?,29?,31-,32+/m0/s1. The van der Waals surface area contributed by atoms with Gasteiger partial charge in [-0.2, -0.15) is 0 Å². The van der Waals surface area contributed by atoms with Crippen LogP contribution in [0.1, 0.15) is 86.7 Å². The number of allylic oxidation sites excluding steroid dienone is 2. The number of hydrogen-bond acceptors (Lipinski definition) is 3. The summed E-state index contributed by atoms with van der Waals surface area (Å²) in [7, 11) is 0. The van der Waals surface area contributed by atoms with Crippen molar-refractivity contribution >= 4 is 11.5 Å². The number of benzene rings is 1. The number of fused-ring (bicyclic) bond motifs is 5. The number of aromatic nitrogens is 1. The minimum absolute atomic E-state index is 0.0672. The van der Waals surface area contributed by atoms with Gasteiger partial charge in [-0.05, 0) is 122 Å². The number of nitrogens with zero attached hydrogens (tertiary/aromatic N) is 1. The molecule has 3 fully saturated rings. The van der Waals surface area contributed by atoms with E-state index in [9.17, 15) is 4.79 Å². The van der Waals surface area contributed by atoms with Crippen molar-refractivity contribution in [3.8, 4) is 0 Å². The second-order valence-electron chi connectivity index (χ2n) is 12.4. The highest BCUT2D eigenvalue weighted by molar-refractivity contribution is 5.89. The van der Waals surface area contributed by atoms with Gasteiger partial charge in [0.15, 0.2) is 0 Å². The van der Waals surface area contributed by atoms with E-state index in [4.69, 9.17) is 4.74 Å². The molecule has 1 aromatic heterocycles. The Morgan fingerprint density at radius 1 is 1.00 bits per heavy atom. The number of aryl methyl sites for hydroxylation is 1. The van der Waals surface area contributed by atoms with Crippen LogP contribution >= 0.6 is 0 Å². The average molecular weight is 470 g/mol. The summed E-state index contributed by atoms with van der Waals surface area (Å²) in [5.41, 5.74) is 5.39. The summed E-state index contributed by atoms with van der Waals surface area (Å²) in [6.07, 6.45) is 16.2. The molecular weight excluding hydrogens is 430 g/mol. The largest absolute Gasteiger partial charge is 0.459 e. The summed E-state index contributed by atoms with van der Waals surface area (Å²) < 4.78 is 6.04. The molecule has 7 atom stereocenters. The second kappa shape index (κ2) is 8.61. The fourth-order valence-corrected chi connectivity index (χ4v) is 8.77. The summed E-state index contributed by atoms with van der Waals surface area (Å²) in [4.78, 5) is 17.2. The van der Waals surface area contributed by atoms with Crippen molar-refractivity contribution in [2.45, 2.75) is 78.2 Å². The molecule has 3 nitrogen and oxygen atoms in total. The van der Waals surface area contributed by atoms with Crippen LogP contribution in [0.2, 0.25) is 0 Å². The zero-order chi connectivity index (χ0) is 24.2. The Hall–Kier alpha value is -2.42. The van der Waals surface area contributed by atoms with Crippen molar-refractivity contribution in [3.05, 3.63) is 71.6 Å². The highest BCUT2D eigenvalue weighted by atomic mass is 16.5. The molecule has 0 bridgehead atoms. The molecule has 1 heterocycles. The number of esters is 1. The molecule has 3 heteroatoms. The second-order valence-corrected chi connectivity index (χ2v) is 12.4. The summed E-state index contributed by atoms with van der Waals surface area (Å²) in [6.45, 7) is 7.16. The van der Waals surface area contributed by atoms with E-state index < -0.39 is 0 Å². The van der Waals surface area contributed by atoms with Crippen molar-refractivity contribution < 1.29 is 9.53 Å². The molecule has 4 aliphatic rings. The van der Waals surface area contributed by atoms with E-state index in [0.29, 0.717) is 16.9 Å². The maximum Gasteiger partial charge on any atom is 0.338 e. The fourth-order valence-electron chi connectivity index (χ4n) is 8.77. The van der Waals surface area contributed by atoms with Gasteiger partial charge in [0, 0.05) is 12.4 Å². The SMILES string of the molecule is Cc1ccc(C(=O)O[C@H]2CC[C@@]3(C)C(CCC4C3CC[C@]3(C)C(c5cccnc5)=CCC43)C2)cc1. The first-order valence-corrected chi connectivity index (χ1v) is 13.8. The first kappa shape index (κ1) is 23.0. The Morgan fingerprint density at radius 2 is 1.83 bits per heavy atom. The van der Waals surface area contributed by atoms with E-state index >= 15 is 0 Å². The molecule has 1 aromatic carbocycles. The van der Waals surface area contributed by atoms with Crippen LogP contribution in [0, 0.1) is 41.4 Å². The van der Waals surface area contributed by atoms with Crippen LogP contribution in [0.15, 0.2) is 54.9 Å². The maximum atomic E-state index is 12.8. The van der Waals surface area contributed by atoms with Crippen LogP contribution in [0.4, 0.5) is 0 Å². The van der Waals surface area contributed by atoms with Crippen molar-refractivity contribution in [1.29, 1.82) is 0 Å². The Morgan fingerprint density at radius 3 is 2.60 bits per heavy atom. The average Bonchev–Trinajstić information content (AvgIpc) is 3.22. The van der Waals surface area contributed by atoms with Gasteiger partial charge in [0.2, 0.25) is 0 Å². The molecule has 0 N–H and O–H groups in total. The number of rotatable bonds is 3. The van der Waals surface area contributed by atoms with Crippen molar-refractivity contribution in [2.75, 3.05) is 0 Å². The Bertz CT molecular complexity index is 1120. The highest BCUT2D eigenvalue weighted by Crippen LogP contribution is 2.67. The van der Waals surface area contributed by atoms with E-state index in [1.165, 1.54) is 49.7 Å². The predicted octanol–water partition coefficient (Wildman–Crippen LogP) is 7.65. The van der Waals surface area contributed by atoms with Gasteiger partial charge in [-0.3, -0.25) is 4.98 Å². The molecule has 0 aliphatic heterocycles. The molecule has 184 valence electrons. The van der Waals surface area contributed by atoms with Crippen LogP contribution in [-0.4, -0.2) is 17.1 Å². The first-order chi connectivity index (χ1) is 16.9. The summed E-state index contributed by atoms with van der Waals surface area (Å²) >= 11 is 0. The van der Waals surface area contributed by atoms with Crippen LogP contribution in [0.25, 0.3) is 5.57 Å².